The van der Waals surface area contributed by atoms with E-state index in [1.165, 1.54) is 0 Å². The third-order valence-corrected chi connectivity index (χ3v) is 2.94. The summed E-state index contributed by atoms with van der Waals surface area (Å²) < 4.78 is 5.30. The zero-order valence-electron chi connectivity index (χ0n) is 11.1. The molecular formula is C13H21N3O2. The molecule has 100 valence electrons. The number of carbonyl (C=O) groups is 1. The van der Waals surface area contributed by atoms with Crippen LogP contribution in [-0.4, -0.2) is 39.7 Å². The molecule has 0 bridgehead atoms. The number of primary amides is 1. The Kier molecular flexibility index (Phi) is 5.45. The number of ether oxygens (including phenoxy) is 1. The molecule has 0 saturated carbocycles. The smallest absolute Gasteiger partial charge is 0.234 e. The van der Waals surface area contributed by atoms with Gasteiger partial charge in [0.05, 0.1) is 18.8 Å². The minimum Gasteiger partial charge on any atom is -0.495 e. The van der Waals surface area contributed by atoms with Crippen molar-refractivity contribution in [3.05, 3.63) is 24.3 Å². The van der Waals surface area contributed by atoms with Gasteiger partial charge in [0, 0.05) is 13.6 Å². The Morgan fingerprint density at radius 3 is 2.72 bits per heavy atom. The Morgan fingerprint density at radius 1 is 1.50 bits per heavy atom. The molecule has 1 atom stereocenters. The summed E-state index contributed by atoms with van der Waals surface area (Å²) >= 11 is 0. The number of para-hydroxylation sites is 2. The van der Waals surface area contributed by atoms with Gasteiger partial charge in [-0.3, -0.25) is 4.79 Å². The van der Waals surface area contributed by atoms with Crippen LogP contribution in [0.3, 0.4) is 0 Å². The fraction of sp³-hybridized carbons (Fsp3) is 0.462. The van der Waals surface area contributed by atoms with Gasteiger partial charge in [-0.1, -0.05) is 12.1 Å². The molecule has 0 aliphatic rings. The summed E-state index contributed by atoms with van der Waals surface area (Å²) in [6, 6.07) is 7.48. The molecule has 18 heavy (non-hydrogen) atoms. The molecule has 0 fully saturated rings. The molecule has 0 saturated heterocycles. The van der Waals surface area contributed by atoms with Gasteiger partial charge in [0.15, 0.2) is 0 Å². The third kappa shape index (κ3) is 3.63. The van der Waals surface area contributed by atoms with Crippen molar-refractivity contribution in [2.45, 2.75) is 12.5 Å². The highest BCUT2D eigenvalue weighted by atomic mass is 16.5. The molecule has 0 aliphatic carbocycles. The second-order valence-corrected chi connectivity index (χ2v) is 4.13. The van der Waals surface area contributed by atoms with Gasteiger partial charge in [0.2, 0.25) is 5.91 Å². The van der Waals surface area contributed by atoms with Gasteiger partial charge in [-0.05, 0) is 25.6 Å². The van der Waals surface area contributed by atoms with E-state index >= 15 is 0 Å². The highest BCUT2D eigenvalue weighted by Crippen LogP contribution is 2.26. The van der Waals surface area contributed by atoms with Crippen LogP contribution in [0.15, 0.2) is 24.3 Å². The first-order chi connectivity index (χ1) is 8.60. The minimum absolute atomic E-state index is 0.304. The number of benzene rings is 1. The molecule has 5 nitrogen and oxygen atoms in total. The van der Waals surface area contributed by atoms with Crippen LogP contribution >= 0.6 is 0 Å². The van der Waals surface area contributed by atoms with Crippen molar-refractivity contribution in [2.75, 3.05) is 32.6 Å². The Hall–Kier alpha value is -1.75. The average molecular weight is 251 g/mol. The maximum atomic E-state index is 11.1. The first-order valence-electron chi connectivity index (χ1n) is 5.91. The second-order valence-electron chi connectivity index (χ2n) is 4.13. The van der Waals surface area contributed by atoms with E-state index in [9.17, 15) is 4.79 Å². The Morgan fingerprint density at radius 2 is 2.17 bits per heavy atom. The number of rotatable bonds is 7. The Bertz CT molecular complexity index is 396. The summed E-state index contributed by atoms with van der Waals surface area (Å²) in [6.45, 7) is 0.717. The van der Waals surface area contributed by atoms with Crippen LogP contribution in [0.2, 0.25) is 0 Å². The summed E-state index contributed by atoms with van der Waals surface area (Å²) in [4.78, 5) is 13.2. The zero-order valence-corrected chi connectivity index (χ0v) is 11.1. The topological polar surface area (TPSA) is 67.6 Å². The van der Waals surface area contributed by atoms with Gasteiger partial charge < -0.3 is 20.7 Å². The standard InChI is InChI=1S/C13H21N3O2/c1-15-10(13(14)17)8-9-16(2)11-6-4-5-7-12(11)18-3/h4-7,10,15H,8-9H2,1-3H3,(H2,14,17). The van der Waals surface area contributed by atoms with Gasteiger partial charge >= 0.3 is 0 Å². The summed E-state index contributed by atoms with van der Waals surface area (Å²) in [7, 11) is 5.34. The lowest BCUT2D eigenvalue weighted by molar-refractivity contribution is -0.119. The predicted molar refractivity (Wildman–Crippen MR) is 72.9 cm³/mol. The summed E-state index contributed by atoms with van der Waals surface area (Å²) in [6.07, 6.45) is 0.653. The Balaban J connectivity index is 2.65. The maximum Gasteiger partial charge on any atom is 0.234 e. The Labute approximate surface area is 108 Å². The molecule has 1 rings (SSSR count). The van der Waals surface area contributed by atoms with E-state index in [2.05, 4.69) is 5.32 Å². The van der Waals surface area contributed by atoms with Crippen LogP contribution < -0.4 is 20.7 Å². The molecule has 5 heteroatoms. The summed E-state index contributed by atoms with van der Waals surface area (Å²) in [5.74, 6) is 0.492. The van der Waals surface area contributed by atoms with Crippen molar-refractivity contribution in [1.29, 1.82) is 0 Å². The molecule has 0 spiro atoms. The van der Waals surface area contributed by atoms with Crippen LogP contribution in [0.1, 0.15) is 6.42 Å². The van der Waals surface area contributed by atoms with Crippen molar-refractivity contribution >= 4 is 11.6 Å². The average Bonchev–Trinajstić information content (AvgIpc) is 2.38. The quantitative estimate of drug-likeness (QED) is 0.744. The lowest BCUT2D eigenvalue weighted by Crippen LogP contribution is -2.41. The number of carbonyl (C=O) groups excluding carboxylic acids is 1. The SMILES string of the molecule is CNC(CCN(C)c1ccccc1OC)C(N)=O. The normalized spacial score (nSPS) is 11.9. The molecule has 0 heterocycles. The predicted octanol–water partition coefficient (Wildman–Crippen LogP) is 0.595. The van der Waals surface area contributed by atoms with Crippen molar-refractivity contribution in [1.82, 2.24) is 5.32 Å². The molecule has 3 N–H and O–H groups in total. The minimum atomic E-state index is -0.328. The van der Waals surface area contributed by atoms with Gasteiger partial charge in [-0.25, -0.2) is 0 Å². The van der Waals surface area contributed by atoms with Crippen LogP contribution in [-0.2, 0) is 4.79 Å². The monoisotopic (exact) mass is 251 g/mol. The number of amides is 1. The number of hydrogen-bond donors (Lipinski definition) is 2. The number of nitrogens with two attached hydrogens (primary N) is 1. The number of hydrogen-bond acceptors (Lipinski definition) is 4. The fourth-order valence-electron chi connectivity index (χ4n) is 1.82. The molecule has 0 radical (unpaired) electrons. The first-order valence-corrected chi connectivity index (χ1v) is 5.91. The maximum absolute atomic E-state index is 11.1. The van der Waals surface area contributed by atoms with E-state index in [0.717, 1.165) is 18.0 Å². The number of nitrogens with one attached hydrogen (secondary N) is 1. The highest BCUT2D eigenvalue weighted by molar-refractivity contribution is 5.79. The molecule has 0 aliphatic heterocycles. The molecular weight excluding hydrogens is 230 g/mol. The number of likely N-dealkylation sites (N-methyl/N-ethyl adjacent to an activating group) is 1. The molecule has 0 aromatic heterocycles. The number of methoxy groups -OCH3 is 1. The van der Waals surface area contributed by atoms with E-state index in [4.69, 9.17) is 10.5 Å². The molecule has 1 unspecified atom stereocenters. The van der Waals surface area contributed by atoms with Crippen molar-refractivity contribution in [3.63, 3.8) is 0 Å². The first kappa shape index (κ1) is 14.3. The van der Waals surface area contributed by atoms with Crippen LogP contribution in [0.4, 0.5) is 5.69 Å². The highest BCUT2D eigenvalue weighted by Gasteiger charge is 2.14. The number of nitrogens with zero attached hydrogens (tertiary/aromatic N) is 1. The molecule has 1 amide bonds. The van der Waals surface area contributed by atoms with Crippen LogP contribution in [0.25, 0.3) is 0 Å². The third-order valence-electron chi connectivity index (χ3n) is 2.94. The second kappa shape index (κ2) is 6.86. The van der Waals surface area contributed by atoms with Gasteiger partial charge in [0.25, 0.3) is 0 Å². The van der Waals surface area contributed by atoms with Crippen LogP contribution in [0.5, 0.6) is 5.75 Å². The van der Waals surface area contributed by atoms with Gasteiger partial charge in [-0.15, -0.1) is 0 Å². The molecule has 1 aromatic carbocycles. The lowest BCUT2D eigenvalue weighted by atomic mass is 10.2. The van der Waals surface area contributed by atoms with Gasteiger partial charge in [-0.2, -0.15) is 0 Å². The fourth-order valence-corrected chi connectivity index (χ4v) is 1.82. The van der Waals surface area contributed by atoms with Gasteiger partial charge in [0.1, 0.15) is 5.75 Å². The van der Waals surface area contributed by atoms with E-state index in [-0.39, 0.29) is 11.9 Å². The largest absolute Gasteiger partial charge is 0.495 e. The van der Waals surface area contributed by atoms with E-state index in [0.29, 0.717) is 6.42 Å². The van der Waals surface area contributed by atoms with E-state index in [1.54, 1.807) is 14.2 Å². The zero-order chi connectivity index (χ0) is 13.5. The number of anilines is 1. The van der Waals surface area contributed by atoms with Crippen LogP contribution in [0, 0.1) is 0 Å². The molecule has 1 aromatic rings. The van der Waals surface area contributed by atoms with Crippen molar-refractivity contribution in [3.8, 4) is 5.75 Å². The van der Waals surface area contributed by atoms with Crippen molar-refractivity contribution < 1.29 is 9.53 Å². The summed E-state index contributed by atoms with van der Waals surface area (Å²) in [5.41, 5.74) is 6.28. The van der Waals surface area contributed by atoms with E-state index < -0.39 is 0 Å². The van der Waals surface area contributed by atoms with Crippen molar-refractivity contribution in [2.24, 2.45) is 5.73 Å². The lowest BCUT2D eigenvalue weighted by Gasteiger charge is -2.23. The summed E-state index contributed by atoms with van der Waals surface area (Å²) in [5, 5.41) is 2.90. The van der Waals surface area contributed by atoms with E-state index in [1.807, 2.05) is 36.2 Å².